The molecule has 20 heavy (non-hydrogen) atoms. The molecule has 0 bridgehead atoms. The van der Waals surface area contributed by atoms with Gasteiger partial charge in [-0.05, 0) is 45.9 Å². The Bertz CT molecular complexity index is 295. The fourth-order valence-electron chi connectivity index (χ4n) is 1.92. The van der Waals surface area contributed by atoms with Crippen LogP contribution in [0, 0.1) is 5.92 Å². The minimum Gasteiger partial charge on any atom is -0.467 e. The van der Waals surface area contributed by atoms with E-state index >= 15 is 0 Å². The summed E-state index contributed by atoms with van der Waals surface area (Å²) < 4.78 is 4.72. The molecular weight excluding hydrogens is 258 g/mol. The van der Waals surface area contributed by atoms with E-state index in [4.69, 9.17) is 4.74 Å². The van der Waals surface area contributed by atoms with E-state index in [9.17, 15) is 9.59 Å². The van der Waals surface area contributed by atoms with Crippen LogP contribution < -0.4 is 10.6 Å². The fraction of sp³-hybridized carbons (Fsp3) is 0.857. The third-order valence-electron chi connectivity index (χ3n) is 2.91. The van der Waals surface area contributed by atoms with Crippen molar-refractivity contribution < 1.29 is 14.3 Å². The zero-order chi connectivity index (χ0) is 15.5. The lowest BCUT2D eigenvalue weighted by Gasteiger charge is -2.21. The van der Waals surface area contributed by atoms with Gasteiger partial charge in [0.2, 0.25) is 5.91 Å². The van der Waals surface area contributed by atoms with Crippen molar-refractivity contribution in [2.24, 2.45) is 5.92 Å². The van der Waals surface area contributed by atoms with Crippen LogP contribution in [0.25, 0.3) is 0 Å². The molecule has 1 atom stereocenters. The van der Waals surface area contributed by atoms with Gasteiger partial charge >= 0.3 is 5.97 Å². The van der Waals surface area contributed by atoms with Crippen molar-refractivity contribution in [2.75, 3.05) is 40.8 Å². The molecule has 0 aliphatic rings. The van der Waals surface area contributed by atoms with E-state index in [1.54, 1.807) is 0 Å². The Hall–Kier alpha value is -1.14. The smallest absolute Gasteiger partial charge is 0.328 e. The van der Waals surface area contributed by atoms with Crippen LogP contribution in [0.1, 0.15) is 26.7 Å². The van der Waals surface area contributed by atoms with Crippen LogP contribution in [0.4, 0.5) is 0 Å². The zero-order valence-corrected chi connectivity index (χ0v) is 13.4. The molecule has 0 radical (unpaired) electrons. The summed E-state index contributed by atoms with van der Waals surface area (Å²) in [5.74, 6) is -0.217. The highest BCUT2D eigenvalue weighted by Crippen LogP contribution is 2.06. The van der Waals surface area contributed by atoms with Crippen molar-refractivity contribution in [3.63, 3.8) is 0 Å². The number of hydrogen-bond acceptors (Lipinski definition) is 5. The molecule has 118 valence electrons. The Balaban J connectivity index is 4.20. The first-order chi connectivity index (χ1) is 9.40. The summed E-state index contributed by atoms with van der Waals surface area (Å²) in [6.45, 7) is 6.05. The maximum Gasteiger partial charge on any atom is 0.328 e. The van der Waals surface area contributed by atoms with Gasteiger partial charge in [-0.25, -0.2) is 4.79 Å². The lowest BCUT2D eigenvalue weighted by Crippen LogP contribution is -2.46. The minimum absolute atomic E-state index is 0.145. The van der Waals surface area contributed by atoms with Gasteiger partial charge in [0.1, 0.15) is 6.04 Å². The van der Waals surface area contributed by atoms with Crippen LogP contribution in [0.5, 0.6) is 0 Å². The summed E-state index contributed by atoms with van der Waals surface area (Å²) in [6.07, 6.45) is 1.56. The van der Waals surface area contributed by atoms with Gasteiger partial charge in [0.05, 0.1) is 13.7 Å². The van der Waals surface area contributed by atoms with Crippen molar-refractivity contribution in [1.82, 2.24) is 15.5 Å². The van der Waals surface area contributed by atoms with Gasteiger partial charge in [-0.2, -0.15) is 0 Å². The monoisotopic (exact) mass is 287 g/mol. The molecule has 6 nitrogen and oxygen atoms in total. The van der Waals surface area contributed by atoms with E-state index in [2.05, 4.69) is 10.6 Å². The lowest BCUT2D eigenvalue weighted by atomic mass is 10.0. The Kier molecular flexibility index (Phi) is 10.0. The molecule has 0 aromatic carbocycles. The molecule has 0 saturated carbocycles. The Morgan fingerprint density at radius 1 is 1.30 bits per heavy atom. The largest absolute Gasteiger partial charge is 0.467 e. The quantitative estimate of drug-likeness (QED) is 0.445. The summed E-state index contributed by atoms with van der Waals surface area (Å²) in [6, 6.07) is -0.557. The van der Waals surface area contributed by atoms with E-state index in [0.717, 1.165) is 19.5 Å². The number of esters is 1. The number of rotatable bonds is 10. The standard InChI is InChI=1S/C14H29N3O3/c1-11(2)9-12(14(19)20-5)16-13(18)10-17(4)8-6-7-15-3/h11-12,15H,6-10H2,1-5H3,(H,16,18). The maximum atomic E-state index is 11.9. The van der Waals surface area contributed by atoms with Crippen molar-refractivity contribution >= 4 is 11.9 Å². The Labute approximate surface area is 122 Å². The first-order valence-corrected chi connectivity index (χ1v) is 7.11. The predicted molar refractivity (Wildman–Crippen MR) is 79.4 cm³/mol. The molecule has 0 saturated heterocycles. The van der Waals surface area contributed by atoms with Crippen molar-refractivity contribution in [3.8, 4) is 0 Å². The second-order valence-electron chi connectivity index (χ2n) is 5.47. The molecule has 0 aliphatic heterocycles. The number of nitrogens with one attached hydrogen (secondary N) is 2. The van der Waals surface area contributed by atoms with Crippen molar-refractivity contribution in [3.05, 3.63) is 0 Å². The summed E-state index contributed by atoms with van der Waals surface area (Å²) in [5.41, 5.74) is 0. The zero-order valence-electron chi connectivity index (χ0n) is 13.4. The number of carbonyl (C=O) groups is 2. The van der Waals surface area contributed by atoms with Gasteiger partial charge in [0.15, 0.2) is 0 Å². The number of likely N-dealkylation sites (N-methyl/N-ethyl adjacent to an activating group) is 1. The van der Waals surface area contributed by atoms with Gasteiger partial charge in [-0.3, -0.25) is 9.69 Å². The molecule has 0 aromatic rings. The molecule has 0 heterocycles. The van der Waals surface area contributed by atoms with Gasteiger partial charge in [-0.1, -0.05) is 13.8 Å². The second-order valence-corrected chi connectivity index (χ2v) is 5.47. The topological polar surface area (TPSA) is 70.7 Å². The van der Waals surface area contributed by atoms with Crippen LogP contribution in [-0.2, 0) is 14.3 Å². The van der Waals surface area contributed by atoms with Gasteiger partial charge in [0, 0.05) is 0 Å². The summed E-state index contributed by atoms with van der Waals surface area (Å²) >= 11 is 0. The summed E-state index contributed by atoms with van der Waals surface area (Å²) in [7, 11) is 5.14. The highest BCUT2D eigenvalue weighted by molar-refractivity contribution is 5.85. The SMILES string of the molecule is CNCCCN(C)CC(=O)NC(CC(C)C)C(=O)OC. The number of ether oxygens (including phenoxy) is 1. The molecule has 0 rings (SSSR count). The molecule has 1 unspecified atom stereocenters. The van der Waals surface area contributed by atoms with Gasteiger partial charge < -0.3 is 15.4 Å². The third kappa shape index (κ3) is 8.87. The average molecular weight is 287 g/mol. The average Bonchev–Trinajstić information content (AvgIpc) is 2.36. The summed E-state index contributed by atoms with van der Waals surface area (Å²) in [5, 5.41) is 5.81. The lowest BCUT2D eigenvalue weighted by molar-refractivity contribution is -0.145. The highest BCUT2D eigenvalue weighted by Gasteiger charge is 2.22. The van der Waals surface area contributed by atoms with Crippen LogP contribution in [-0.4, -0.2) is 63.7 Å². The maximum absolute atomic E-state index is 11.9. The van der Waals surface area contributed by atoms with Crippen molar-refractivity contribution in [2.45, 2.75) is 32.7 Å². The number of amides is 1. The number of hydrogen-bond donors (Lipinski definition) is 2. The molecule has 0 aliphatic carbocycles. The van der Waals surface area contributed by atoms with E-state index < -0.39 is 6.04 Å². The van der Waals surface area contributed by atoms with Crippen LogP contribution >= 0.6 is 0 Å². The predicted octanol–water partition coefficient (Wildman–Crippen LogP) is 0.232. The van der Waals surface area contributed by atoms with Gasteiger partial charge in [0.25, 0.3) is 0 Å². The van der Waals surface area contributed by atoms with Crippen LogP contribution in [0.3, 0.4) is 0 Å². The van der Waals surface area contributed by atoms with Crippen LogP contribution in [0.2, 0.25) is 0 Å². The fourth-order valence-corrected chi connectivity index (χ4v) is 1.92. The molecule has 0 fully saturated rings. The molecule has 0 aromatic heterocycles. The van der Waals surface area contributed by atoms with Crippen molar-refractivity contribution in [1.29, 1.82) is 0 Å². The van der Waals surface area contributed by atoms with Crippen LogP contribution in [0.15, 0.2) is 0 Å². The summed E-state index contributed by atoms with van der Waals surface area (Å²) in [4.78, 5) is 25.5. The van der Waals surface area contributed by atoms with Gasteiger partial charge in [-0.15, -0.1) is 0 Å². The van der Waals surface area contributed by atoms with E-state index in [1.807, 2.05) is 32.8 Å². The number of nitrogens with zero attached hydrogens (tertiary/aromatic N) is 1. The normalized spacial score (nSPS) is 12.6. The highest BCUT2D eigenvalue weighted by atomic mass is 16.5. The Morgan fingerprint density at radius 2 is 1.95 bits per heavy atom. The Morgan fingerprint density at radius 3 is 2.45 bits per heavy atom. The minimum atomic E-state index is -0.557. The second kappa shape index (κ2) is 10.6. The molecule has 6 heteroatoms. The molecule has 0 spiro atoms. The molecule has 1 amide bonds. The first kappa shape index (κ1) is 18.9. The van der Waals surface area contributed by atoms with E-state index in [-0.39, 0.29) is 18.4 Å². The first-order valence-electron chi connectivity index (χ1n) is 7.11. The third-order valence-corrected chi connectivity index (χ3v) is 2.91. The van der Waals surface area contributed by atoms with E-state index in [1.165, 1.54) is 7.11 Å². The molecule has 2 N–H and O–H groups in total. The van der Waals surface area contributed by atoms with E-state index in [0.29, 0.717) is 12.3 Å². The molecular formula is C14H29N3O3. The number of carbonyl (C=O) groups excluding carboxylic acids is 2. The number of methoxy groups -OCH3 is 1.